The molecule has 180 valence electrons. The van der Waals surface area contributed by atoms with Gasteiger partial charge in [0.25, 0.3) is 5.56 Å². The van der Waals surface area contributed by atoms with Gasteiger partial charge in [-0.1, -0.05) is 24.1 Å². The third kappa shape index (κ3) is 3.98. The van der Waals surface area contributed by atoms with Crippen molar-refractivity contribution < 1.29 is 0 Å². The predicted molar refractivity (Wildman–Crippen MR) is 135 cm³/mol. The largest absolute Gasteiger partial charge is 0.341 e. The maximum absolute atomic E-state index is 13.8. The molecule has 1 aromatic carbocycles. The van der Waals surface area contributed by atoms with Crippen LogP contribution < -0.4 is 21.9 Å². The van der Waals surface area contributed by atoms with Crippen LogP contribution >= 0.6 is 0 Å². The number of imidazole rings is 1. The number of anilines is 1. The number of nitrogens with zero attached hydrogens (tertiary/aromatic N) is 7. The molecule has 0 aliphatic carbocycles. The van der Waals surface area contributed by atoms with Crippen LogP contribution in [0.4, 0.5) is 5.95 Å². The number of para-hydroxylation sites is 1. The van der Waals surface area contributed by atoms with Crippen LogP contribution in [-0.2, 0) is 20.1 Å². The Labute approximate surface area is 202 Å². The molecular formula is C25H28N8O2. The lowest BCUT2D eigenvalue weighted by Gasteiger charge is -2.31. The second-order valence-corrected chi connectivity index (χ2v) is 8.91. The lowest BCUT2D eigenvalue weighted by atomic mass is 10.1. The zero-order chi connectivity index (χ0) is 24.7. The van der Waals surface area contributed by atoms with Gasteiger partial charge in [-0.05, 0) is 32.8 Å². The van der Waals surface area contributed by atoms with E-state index in [1.165, 1.54) is 9.13 Å². The number of piperidine rings is 1. The zero-order valence-electron chi connectivity index (χ0n) is 20.2. The van der Waals surface area contributed by atoms with E-state index in [0.717, 1.165) is 30.3 Å². The maximum Gasteiger partial charge on any atom is 0.332 e. The van der Waals surface area contributed by atoms with Gasteiger partial charge in [0, 0.05) is 31.6 Å². The van der Waals surface area contributed by atoms with E-state index in [2.05, 4.69) is 26.7 Å². The Morgan fingerprint density at radius 1 is 1.14 bits per heavy atom. The van der Waals surface area contributed by atoms with Crippen LogP contribution in [0.15, 0.2) is 33.9 Å². The first-order chi connectivity index (χ1) is 16.9. The van der Waals surface area contributed by atoms with Crippen LogP contribution in [0, 0.1) is 18.8 Å². The van der Waals surface area contributed by atoms with Crippen molar-refractivity contribution in [3.05, 3.63) is 56.6 Å². The van der Waals surface area contributed by atoms with E-state index < -0.39 is 11.2 Å². The minimum Gasteiger partial charge on any atom is -0.341 e. The SMILES string of the molecule is CC#CCn1c(N2CCCC(N)C2)nc2c1c(=O)n(Cc1nc(C)nc3ccccc13)c(=O)n2C. The van der Waals surface area contributed by atoms with Crippen molar-refractivity contribution >= 4 is 28.0 Å². The van der Waals surface area contributed by atoms with Gasteiger partial charge in [0.05, 0.1) is 24.3 Å². The molecule has 0 bridgehead atoms. The van der Waals surface area contributed by atoms with Crippen LogP contribution in [0.1, 0.15) is 31.3 Å². The first kappa shape index (κ1) is 22.8. The highest BCUT2D eigenvalue weighted by Crippen LogP contribution is 2.23. The molecule has 5 rings (SSSR count). The third-order valence-electron chi connectivity index (χ3n) is 6.47. The Hall–Kier alpha value is -3.97. The van der Waals surface area contributed by atoms with Crippen molar-refractivity contribution in [1.82, 2.24) is 28.7 Å². The molecule has 1 aliphatic rings. The van der Waals surface area contributed by atoms with E-state index in [0.29, 0.717) is 35.2 Å². The quantitative estimate of drug-likeness (QED) is 0.443. The van der Waals surface area contributed by atoms with E-state index in [1.807, 2.05) is 28.8 Å². The number of benzene rings is 1. The van der Waals surface area contributed by atoms with Crippen LogP contribution in [0.5, 0.6) is 0 Å². The van der Waals surface area contributed by atoms with Crippen LogP contribution in [-0.4, -0.2) is 47.8 Å². The monoisotopic (exact) mass is 472 g/mol. The molecule has 1 unspecified atom stereocenters. The second kappa shape index (κ2) is 9.00. The van der Waals surface area contributed by atoms with Gasteiger partial charge in [-0.25, -0.2) is 14.8 Å². The Bertz CT molecular complexity index is 1620. The summed E-state index contributed by atoms with van der Waals surface area (Å²) in [5.74, 6) is 7.15. The Balaban J connectivity index is 1.73. The molecule has 4 aromatic rings. The maximum atomic E-state index is 13.8. The highest BCUT2D eigenvalue weighted by molar-refractivity contribution is 5.81. The molecule has 4 heterocycles. The zero-order valence-corrected chi connectivity index (χ0v) is 20.2. The fraction of sp³-hybridized carbons (Fsp3) is 0.400. The van der Waals surface area contributed by atoms with E-state index in [1.54, 1.807) is 20.9 Å². The standard InChI is InChI=1S/C25H28N8O2/c1-4-5-13-32-21-22(29-24(32)31-12-8-9-17(26)14-31)30(3)25(35)33(23(21)34)15-20-18-10-6-7-11-19(18)27-16(2)28-20/h6-7,10-11,17H,8-9,12-15,26H2,1-3H3. The van der Waals surface area contributed by atoms with Crippen molar-refractivity contribution in [1.29, 1.82) is 0 Å². The molecule has 0 saturated carbocycles. The van der Waals surface area contributed by atoms with Gasteiger partial charge in [-0.15, -0.1) is 5.92 Å². The molecule has 10 nitrogen and oxygen atoms in total. The summed E-state index contributed by atoms with van der Waals surface area (Å²) in [5, 5.41) is 0.806. The lowest BCUT2D eigenvalue weighted by molar-refractivity contribution is 0.496. The van der Waals surface area contributed by atoms with Gasteiger partial charge >= 0.3 is 5.69 Å². The molecule has 3 aromatic heterocycles. The van der Waals surface area contributed by atoms with E-state index >= 15 is 0 Å². The number of hydrogen-bond donors (Lipinski definition) is 1. The molecule has 1 saturated heterocycles. The third-order valence-corrected chi connectivity index (χ3v) is 6.47. The van der Waals surface area contributed by atoms with Gasteiger partial charge in [0.15, 0.2) is 11.2 Å². The topological polar surface area (TPSA) is 117 Å². The molecule has 0 spiro atoms. The average Bonchev–Trinajstić information content (AvgIpc) is 3.23. The summed E-state index contributed by atoms with van der Waals surface area (Å²) in [6.07, 6.45) is 1.89. The van der Waals surface area contributed by atoms with Crippen molar-refractivity contribution in [3.8, 4) is 11.8 Å². The molecule has 1 aliphatic heterocycles. The number of fused-ring (bicyclic) bond motifs is 2. The molecule has 2 N–H and O–H groups in total. The summed E-state index contributed by atoms with van der Waals surface area (Å²) in [7, 11) is 1.64. The summed E-state index contributed by atoms with van der Waals surface area (Å²) in [4.78, 5) is 43.1. The Morgan fingerprint density at radius 2 is 1.94 bits per heavy atom. The second-order valence-electron chi connectivity index (χ2n) is 8.91. The molecule has 10 heteroatoms. The number of nitrogens with two attached hydrogens (primary N) is 1. The summed E-state index contributed by atoms with van der Waals surface area (Å²) in [6, 6.07) is 7.62. The first-order valence-corrected chi connectivity index (χ1v) is 11.7. The fourth-order valence-electron chi connectivity index (χ4n) is 4.78. The van der Waals surface area contributed by atoms with Crippen LogP contribution in [0.3, 0.4) is 0 Å². The molecular weight excluding hydrogens is 444 g/mol. The van der Waals surface area contributed by atoms with Gasteiger partial charge in [0.1, 0.15) is 5.82 Å². The summed E-state index contributed by atoms with van der Waals surface area (Å²) >= 11 is 0. The van der Waals surface area contributed by atoms with E-state index in [4.69, 9.17) is 10.7 Å². The van der Waals surface area contributed by atoms with Gasteiger partial charge in [0.2, 0.25) is 5.95 Å². The molecule has 35 heavy (non-hydrogen) atoms. The number of aromatic nitrogens is 6. The number of rotatable bonds is 4. The van der Waals surface area contributed by atoms with Gasteiger partial charge < -0.3 is 10.6 Å². The van der Waals surface area contributed by atoms with Crippen LogP contribution in [0.25, 0.3) is 22.1 Å². The van der Waals surface area contributed by atoms with Crippen molar-refractivity contribution in [2.75, 3.05) is 18.0 Å². The molecule has 0 radical (unpaired) electrons. The Morgan fingerprint density at radius 3 is 2.71 bits per heavy atom. The Kier molecular flexibility index (Phi) is 5.86. The fourth-order valence-corrected chi connectivity index (χ4v) is 4.78. The van der Waals surface area contributed by atoms with Crippen molar-refractivity contribution in [2.24, 2.45) is 12.8 Å². The van der Waals surface area contributed by atoms with Crippen molar-refractivity contribution in [3.63, 3.8) is 0 Å². The first-order valence-electron chi connectivity index (χ1n) is 11.7. The van der Waals surface area contributed by atoms with Crippen LogP contribution in [0.2, 0.25) is 0 Å². The number of hydrogen-bond acceptors (Lipinski definition) is 7. The number of aryl methyl sites for hydroxylation is 2. The average molecular weight is 473 g/mol. The van der Waals surface area contributed by atoms with Gasteiger partial charge in [-0.3, -0.25) is 18.5 Å². The van der Waals surface area contributed by atoms with Crippen molar-refractivity contribution in [2.45, 2.75) is 45.8 Å². The molecule has 0 amide bonds. The summed E-state index contributed by atoms with van der Waals surface area (Å²) in [6.45, 7) is 5.29. The highest BCUT2D eigenvalue weighted by Gasteiger charge is 2.26. The lowest BCUT2D eigenvalue weighted by Crippen LogP contribution is -2.44. The molecule has 1 fully saturated rings. The normalized spacial score (nSPS) is 16.0. The van der Waals surface area contributed by atoms with Gasteiger partial charge in [-0.2, -0.15) is 4.98 Å². The minimum atomic E-state index is -0.448. The smallest absolute Gasteiger partial charge is 0.332 e. The minimum absolute atomic E-state index is 0.0277. The summed E-state index contributed by atoms with van der Waals surface area (Å²) in [5.41, 5.74) is 7.43. The molecule has 1 atom stereocenters. The predicted octanol–water partition coefficient (Wildman–Crippen LogP) is 1.15. The highest BCUT2D eigenvalue weighted by atomic mass is 16.2. The van der Waals surface area contributed by atoms with E-state index in [-0.39, 0.29) is 19.1 Å². The van der Waals surface area contributed by atoms with E-state index in [9.17, 15) is 9.59 Å². The summed E-state index contributed by atoms with van der Waals surface area (Å²) < 4.78 is 4.46.